The second-order valence-corrected chi connectivity index (χ2v) is 18.6. The molecule has 0 saturated heterocycles. The van der Waals surface area contributed by atoms with E-state index in [0.29, 0.717) is 0 Å². The second-order valence-electron chi connectivity index (χ2n) is 6.90. The smallest absolute Gasteiger partial charge is 0 e. The van der Waals surface area contributed by atoms with Crippen molar-refractivity contribution in [3.8, 4) is 11.3 Å². The molecule has 4 heteroatoms. The van der Waals surface area contributed by atoms with Crippen molar-refractivity contribution in [3.05, 3.63) is 60.8 Å². The van der Waals surface area contributed by atoms with Gasteiger partial charge in [-0.25, -0.2) is 0 Å². The van der Waals surface area contributed by atoms with Gasteiger partial charge in [0.2, 0.25) is 0 Å². The summed E-state index contributed by atoms with van der Waals surface area (Å²) in [5.41, 5.74) is 2.05. The van der Waals surface area contributed by atoms with E-state index in [1.54, 1.807) is 4.40 Å². The van der Waals surface area contributed by atoms with Crippen LogP contribution in [0.15, 0.2) is 54.7 Å². The molecule has 24 heavy (non-hydrogen) atoms. The summed E-state index contributed by atoms with van der Waals surface area (Å²) < 4.78 is 4.17. The Bertz CT molecular complexity index is 1000. The minimum absolute atomic E-state index is 0. The van der Waals surface area contributed by atoms with Crippen LogP contribution in [0.1, 0.15) is 0 Å². The van der Waals surface area contributed by atoms with Crippen LogP contribution in [0.2, 0.25) is 17.3 Å². The quantitative estimate of drug-likeness (QED) is 0.231. The maximum absolute atomic E-state index is 4.63. The Labute approximate surface area is 162 Å². The van der Waals surface area contributed by atoms with E-state index in [2.05, 4.69) is 58.7 Å². The number of aromatic nitrogens is 1. The fourth-order valence-electron chi connectivity index (χ4n) is 2.85. The predicted molar refractivity (Wildman–Crippen MR) is 104 cm³/mol. The van der Waals surface area contributed by atoms with Gasteiger partial charge in [0.15, 0.2) is 0 Å². The second kappa shape index (κ2) is 6.72. The molecule has 1 radical (unpaired) electrons. The normalized spacial score (nSPS) is 11.6. The number of thiophene rings is 1. The summed E-state index contributed by atoms with van der Waals surface area (Å²) in [7, 11) is 0. The molecule has 0 unspecified atom stereocenters. The molecular weight excluding hydrogens is 551 g/mol. The van der Waals surface area contributed by atoms with Gasteiger partial charge < -0.3 is 0 Å². The van der Waals surface area contributed by atoms with Crippen molar-refractivity contribution in [2.75, 3.05) is 0 Å². The Balaban J connectivity index is 0.00000169. The molecule has 4 aromatic rings. The van der Waals surface area contributed by atoms with Crippen molar-refractivity contribution in [1.29, 1.82) is 0 Å². The summed E-state index contributed by atoms with van der Waals surface area (Å²) in [5.74, 6) is 7.34. The molecule has 0 saturated carbocycles. The van der Waals surface area contributed by atoms with E-state index in [9.17, 15) is 0 Å². The largest absolute Gasteiger partial charge is 0 e. The zero-order valence-corrected chi connectivity index (χ0v) is 19.2. The molecule has 0 fully saturated rings. The number of pyridine rings is 1. The van der Waals surface area contributed by atoms with E-state index < -0.39 is 13.3 Å². The summed E-state index contributed by atoms with van der Waals surface area (Å²) in [5, 5.41) is 2.70. The van der Waals surface area contributed by atoms with Gasteiger partial charge in [0.25, 0.3) is 0 Å². The van der Waals surface area contributed by atoms with Crippen LogP contribution in [0.5, 0.6) is 0 Å². The number of fused-ring (bicyclic) bond motifs is 3. The molecule has 0 amide bonds. The Hall–Kier alpha value is -0.998. The summed E-state index contributed by atoms with van der Waals surface area (Å²) in [6.45, 7) is 0. The molecule has 0 atom stereocenters. The zero-order valence-electron chi connectivity index (χ0n) is 13.9. The van der Waals surface area contributed by atoms with E-state index in [0.717, 1.165) is 11.3 Å². The van der Waals surface area contributed by atoms with Gasteiger partial charge in [-0.15, -0.1) is 0 Å². The fourth-order valence-corrected chi connectivity index (χ4v) is 6.32. The van der Waals surface area contributed by atoms with Crippen LogP contribution in [0.25, 0.3) is 31.4 Å². The van der Waals surface area contributed by atoms with Crippen LogP contribution in [0.3, 0.4) is 0 Å². The van der Waals surface area contributed by atoms with E-state index in [4.69, 9.17) is 0 Å². The average Bonchev–Trinajstić information content (AvgIpc) is 2.92. The van der Waals surface area contributed by atoms with Crippen molar-refractivity contribution in [2.45, 2.75) is 17.3 Å². The van der Waals surface area contributed by atoms with Crippen molar-refractivity contribution in [3.63, 3.8) is 0 Å². The maximum Gasteiger partial charge on any atom is 0 e. The van der Waals surface area contributed by atoms with Crippen LogP contribution in [0, 0.1) is 6.07 Å². The van der Waals surface area contributed by atoms with E-state index in [-0.39, 0.29) is 20.1 Å². The number of hydrogen-bond acceptors (Lipinski definition) is 2. The van der Waals surface area contributed by atoms with Crippen molar-refractivity contribution >= 4 is 49.2 Å². The van der Waals surface area contributed by atoms with Crippen molar-refractivity contribution in [2.24, 2.45) is 0 Å². The van der Waals surface area contributed by atoms with Gasteiger partial charge >= 0.3 is 143 Å². The molecule has 1 nitrogen and oxygen atoms in total. The van der Waals surface area contributed by atoms with Gasteiger partial charge in [-0.3, -0.25) is 0 Å². The molecule has 2 aromatic carbocycles. The topological polar surface area (TPSA) is 12.9 Å². The van der Waals surface area contributed by atoms with Gasteiger partial charge in [0.1, 0.15) is 0 Å². The van der Waals surface area contributed by atoms with Crippen LogP contribution in [-0.2, 0) is 20.1 Å². The summed E-state index contributed by atoms with van der Waals surface area (Å²) in [6, 6.07) is 20.6. The third-order valence-electron chi connectivity index (χ3n) is 4.21. The van der Waals surface area contributed by atoms with Crippen LogP contribution in [-0.4, -0.2) is 18.3 Å². The Morgan fingerprint density at radius 2 is 1.75 bits per heavy atom. The van der Waals surface area contributed by atoms with Crippen LogP contribution >= 0.6 is 11.3 Å². The number of hydrogen-bond donors (Lipinski definition) is 0. The predicted octanol–water partition coefficient (Wildman–Crippen LogP) is 5.46. The first-order valence-corrected chi connectivity index (χ1v) is 16.0. The van der Waals surface area contributed by atoms with Crippen molar-refractivity contribution in [1.82, 2.24) is 4.98 Å². The summed E-state index contributed by atoms with van der Waals surface area (Å²) in [6.07, 6.45) is 2.01. The van der Waals surface area contributed by atoms with Gasteiger partial charge in [0.05, 0.1) is 0 Å². The van der Waals surface area contributed by atoms with Gasteiger partial charge in [-0.1, -0.05) is 0 Å². The molecule has 0 aliphatic heterocycles. The summed E-state index contributed by atoms with van der Waals surface area (Å²) >= 11 is 0.0146. The Morgan fingerprint density at radius 3 is 2.46 bits per heavy atom. The van der Waals surface area contributed by atoms with Gasteiger partial charge in [-0.2, -0.15) is 0 Å². The minimum Gasteiger partial charge on any atom is 0 e. The first-order valence-electron chi connectivity index (χ1n) is 7.82. The number of benzene rings is 2. The molecule has 4 rings (SSSR count). The third kappa shape index (κ3) is 3.23. The number of rotatable bonds is 2. The van der Waals surface area contributed by atoms with E-state index in [1.165, 1.54) is 20.2 Å². The molecule has 0 bridgehead atoms. The van der Waals surface area contributed by atoms with Crippen molar-refractivity contribution < 1.29 is 20.1 Å². The zero-order chi connectivity index (χ0) is 16.0. The first-order chi connectivity index (χ1) is 11.0. The molecule has 0 aliphatic rings. The van der Waals surface area contributed by atoms with E-state index >= 15 is 0 Å². The summed E-state index contributed by atoms with van der Waals surface area (Å²) in [4.78, 5) is 4.63. The standard InChI is InChI=1S/C20H18GeNS.Ir/c1-21(2,3)15-9-10-19-16(11-15)17-12-18(22-13-20(17)23-19)14-7-5-4-6-8-14;/h4-7,9-13H,1-3H3;/q-1;. The SMILES string of the molecule is [CH3][Ge]([CH3])([CH3])[c]1ccc2sc3cnc(-c4[c-]cccc4)cc3c2c1.[Ir]. The number of nitrogens with zero attached hydrogens (tertiary/aromatic N) is 1. The molecule has 2 heterocycles. The molecule has 2 aromatic heterocycles. The molecule has 0 N–H and O–H groups in total. The molecule has 123 valence electrons. The fraction of sp³-hybridized carbons (Fsp3) is 0.150. The monoisotopic (exact) mass is 571 g/mol. The van der Waals surface area contributed by atoms with E-state index in [1.807, 2.05) is 35.7 Å². The maximum atomic E-state index is 4.63. The van der Waals surface area contributed by atoms with Gasteiger partial charge in [-0.05, 0) is 0 Å². The van der Waals surface area contributed by atoms with Crippen LogP contribution in [0.4, 0.5) is 0 Å². The molecular formula is C20H18GeIrNS-. The third-order valence-corrected chi connectivity index (χ3v) is 9.62. The van der Waals surface area contributed by atoms with Gasteiger partial charge in [0, 0.05) is 20.1 Å². The average molecular weight is 569 g/mol. The molecule has 0 aliphatic carbocycles. The first kappa shape index (κ1) is 17.8. The molecule has 0 spiro atoms. The minimum atomic E-state index is -1.82. The Kier molecular flexibility index (Phi) is 4.99. The van der Waals surface area contributed by atoms with Crippen LogP contribution < -0.4 is 4.40 Å². The Morgan fingerprint density at radius 1 is 0.958 bits per heavy atom.